The number of hydrogen-bond acceptors (Lipinski definition) is 5. The fourth-order valence-electron chi connectivity index (χ4n) is 4.25. The maximum absolute atomic E-state index is 12.5. The zero-order chi connectivity index (χ0) is 20.9. The molecule has 2 aliphatic rings. The van der Waals surface area contributed by atoms with Gasteiger partial charge in [-0.15, -0.1) is 0 Å². The van der Waals surface area contributed by atoms with Crippen molar-refractivity contribution in [1.82, 2.24) is 20.2 Å². The first-order chi connectivity index (χ1) is 14.6. The number of nitrogens with one attached hydrogen (secondary N) is 2. The Morgan fingerprint density at radius 1 is 1.07 bits per heavy atom. The minimum atomic E-state index is -0.132. The van der Waals surface area contributed by atoms with Crippen molar-refractivity contribution in [2.75, 3.05) is 13.2 Å². The van der Waals surface area contributed by atoms with Crippen LogP contribution in [0.1, 0.15) is 38.5 Å². The summed E-state index contributed by atoms with van der Waals surface area (Å²) >= 11 is 0. The average molecular weight is 412 g/mol. The maximum Gasteiger partial charge on any atom is 0.261 e. The minimum absolute atomic E-state index is 0.0148. The molecule has 1 atom stereocenters. The number of ether oxygens (including phenoxy) is 1. The van der Waals surface area contributed by atoms with Crippen LogP contribution in [0.2, 0.25) is 0 Å². The summed E-state index contributed by atoms with van der Waals surface area (Å²) in [5, 5.41) is 6.68. The number of hydrogen-bond donors (Lipinski definition) is 2. The molecule has 1 aromatic heterocycles. The van der Waals surface area contributed by atoms with Gasteiger partial charge in [-0.1, -0.05) is 12.1 Å². The molecule has 0 bridgehead atoms. The molecule has 8 heteroatoms. The summed E-state index contributed by atoms with van der Waals surface area (Å²) in [7, 11) is 0. The van der Waals surface area contributed by atoms with Crippen LogP contribution < -0.4 is 16.2 Å². The van der Waals surface area contributed by atoms with Crippen molar-refractivity contribution in [1.29, 1.82) is 0 Å². The highest BCUT2D eigenvalue weighted by Gasteiger charge is 2.29. The normalized spacial score (nSPS) is 23.9. The van der Waals surface area contributed by atoms with Crippen LogP contribution in [0.15, 0.2) is 35.4 Å². The Bertz CT molecular complexity index is 959. The summed E-state index contributed by atoms with van der Waals surface area (Å²) in [6, 6.07) is 7.42. The zero-order valence-corrected chi connectivity index (χ0v) is 17.0. The Kier molecular flexibility index (Phi) is 6.42. The number of aryl methyl sites for hydroxylation is 1. The van der Waals surface area contributed by atoms with E-state index in [4.69, 9.17) is 4.74 Å². The number of carbonyl (C=O) groups is 2. The third-order valence-electron chi connectivity index (χ3n) is 6.05. The van der Waals surface area contributed by atoms with Crippen LogP contribution in [-0.4, -0.2) is 46.7 Å². The smallest absolute Gasteiger partial charge is 0.261 e. The van der Waals surface area contributed by atoms with Crippen molar-refractivity contribution in [2.24, 2.45) is 5.92 Å². The third kappa shape index (κ3) is 4.87. The Morgan fingerprint density at radius 3 is 2.63 bits per heavy atom. The molecule has 2 N–H and O–H groups in total. The Hall–Kier alpha value is -2.74. The van der Waals surface area contributed by atoms with Gasteiger partial charge in [-0.25, -0.2) is 4.98 Å². The van der Waals surface area contributed by atoms with Gasteiger partial charge >= 0.3 is 0 Å². The number of fused-ring (bicyclic) bond motifs is 1. The van der Waals surface area contributed by atoms with Gasteiger partial charge in [0.2, 0.25) is 11.8 Å². The molecular weight excluding hydrogens is 384 g/mol. The van der Waals surface area contributed by atoms with Crippen molar-refractivity contribution in [3.05, 3.63) is 40.9 Å². The number of rotatable bonds is 6. The monoisotopic (exact) mass is 412 g/mol. The van der Waals surface area contributed by atoms with Gasteiger partial charge in [-0.2, -0.15) is 0 Å². The van der Waals surface area contributed by atoms with E-state index in [0.717, 1.165) is 32.1 Å². The van der Waals surface area contributed by atoms with Crippen molar-refractivity contribution >= 4 is 22.7 Å². The molecule has 30 heavy (non-hydrogen) atoms. The van der Waals surface area contributed by atoms with E-state index in [9.17, 15) is 14.4 Å². The molecule has 0 radical (unpaired) electrons. The van der Waals surface area contributed by atoms with Gasteiger partial charge in [0.25, 0.3) is 5.56 Å². The molecule has 0 spiro atoms. The van der Waals surface area contributed by atoms with Gasteiger partial charge in [-0.05, 0) is 44.2 Å². The van der Waals surface area contributed by atoms with Crippen molar-refractivity contribution in [3.63, 3.8) is 0 Å². The molecule has 1 aromatic carbocycles. The lowest BCUT2D eigenvalue weighted by Crippen LogP contribution is -2.43. The molecule has 1 saturated heterocycles. The Labute approximate surface area is 175 Å². The lowest BCUT2D eigenvalue weighted by molar-refractivity contribution is -0.126. The van der Waals surface area contributed by atoms with Gasteiger partial charge < -0.3 is 15.4 Å². The maximum atomic E-state index is 12.5. The van der Waals surface area contributed by atoms with Crippen LogP contribution in [0.3, 0.4) is 0 Å². The number of benzene rings is 1. The lowest BCUT2D eigenvalue weighted by Gasteiger charge is -2.29. The SMILES string of the molecule is O=C(CCn1cnc2ccccc2c1=O)NC1CCC(C(=O)NC2CCOC2)CC1. The fourth-order valence-corrected chi connectivity index (χ4v) is 4.25. The van der Waals surface area contributed by atoms with Crippen molar-refractivity contribution in [2.45, 2.75) is 57.2 Å². The van der Waals surface area contributed by atoms with Gasteiger partial charge in [0.1, 0.15) is 0 Å². The van der Waals surface area contributed by atoms with Crippen LogP contribution >= 0.6 is 0 Å². The van der Waals surface area contributed by atoms with Crippen LogP contribution in [-0.2, 0) is 20.9 Å². The first-order valence-corrected chi connectivity index (χ1v) is 10.7. The third-order valence-corrected chi connectivity index (χ3v) is 6.05. The number of carbonyl (C=O) groups excluding carboxylic acids is 2. The second-order valence-electron chi connectivity index (χ2n) is 8.20. The summed E-state index contributed by atoms with van der Waals surface area (Å²) in [6.07, 6.45) is 5.74. The van der Waals surface area contributed by atoms with E-state index in [-0.39, 0.29) is 41.8 Å². The van der Waals surface area contributed by atoms with E-state index >= 15 is 0 Å². The van der Waals surface area contributed by atoms with E-state index in [1.807, 2.05) is 6.07 Å². The van der Waals surface area contributed by atoms with Gasteiger partial charge in [0.15, 0.2) is 0 Å². The topological polar surface area (TPSA) is 102 Å². The summed E-state index contributed by atoms with van der Waals surface area (Å²) < 4.78 is 6.78. The standard InChI is InChI=1S/C22H28N4O4/c27-20(9-11-26-14-23-19-4-2-1-3-18(19)22(26)29)24-16-7-5-15(6-8-16)21(28)25-17-10-12-30-13-17/h1-4,14-17H,5-13H2,(H,24,27)(H,25,28). The predicted octanol–water partition coefficient (Wildman–Crippen LogP) is 1.37. The van der Waals surface area contributed by atoms with Crippen LogP contribution in [0.5, 0.6) is 0 Å². The van der Waals surface area contributed by atoms with Crippen LogP contribution in [0, 0.1) is 5.92 Å². The molecule has 2 fully saturated rings. The molecule has 4 rings (SSSR count). The summed E-state index contributed by atoms with van der Waals surface area (Å²) in [5.41, 5.74) is 0.525. The summed E-state index contributed by atoms with van der Waals surface area (Å²) in [6.45, 7) is 1.61. The highest BCUT2D eigenvalue weighted by atomic mass is 16.5. The summed E-state index contributed by atoms with van der Waals surface area (Å²) in [5.74, 6) is 0.0468. The average Bonchev–Trinajstić information content (AvgIpc) is 3.27. The number of para-hydroxylation sites is 1. The first kappa shape index (κ1) is 20.5. The molecule has 1 aliphatic carbocycles. The Balaban J connectivity index is 1.22. The number of amides is 2. The molecule has 160 valence electrons. The molecule has 1 unspecified atom stereocenters. The minimum Gasteiger partial charge on any atom is -0.379 e. The van der Waals surface area contributed by atoms with Gasteiger partial charge in [0.05, 0.1) is 29.9 Å². The van der Waals surface area contributed by atoms with E-state index in [0.29, 0.717) is 30.7 Å². The zero-order valence-electron chi connectivity index (χ0n) is 17.0. The summed E-state index contributed by atoms with van der Waals surface area (Å²) in [4.78, 5) is 41.5. The molecule has 2 amide bonds. The lowest BCUT2D eigenvalue weighted by atomic mass is 9.85. The predicted molar refractivity (Wildman–Crippen MR) is 112 cm³/mol. The molecule has 1 saturated carbocycles. The van der Waals surface area contributed by atoms with Crippen molar-refractivity contribution in [3.8, 4) is 0 Å². The molecule has 2 heterocycles. The van der Waals surface area contributed by atoms with Gasteiger partial charge in [0, 0.05) is 31.5 Å². The largest absolute Gasteiger partial charge is 0.379 e. The van der Waals surface area contributed by atoms with Crippen LogP contribution in [0.25, 0.3) is 10.9 Å². The second kappa shape index (κ2) is 9.38. The number of aromatic nitrogens is 2. The molecular formula is C22H28N4O4. The van der Waals surface area contributed by atoms with Crippen molar-refractivity contribution < 1.29 is 14.3 Å². The quantitative estimate of drug-likeness (QED) is 0.746. The highest BCUT2D eigenvalue weighted by Crippen LogP contribution is 2.25. The van der Waals surface area contributed by atoms with Gasteiger partial charge in [-0.3, -0.25) is 19.0 Å². The second-order valence-corrected chi connectivity index (χ2v) is 8.20. The van der Waals surface area contributed by atoms with E-state index < -0.39 is 0 Å². The van der Waals surface area contributed by atoms with E-state index in [2.05, 4.69) is 15.6 Å². The highest BCUT2D eigenvalue weighted by molar-refractivity contribution is 5.79. The molecule has 2 aromatic rings. The van der Waals surface area contributed by atoms with Crippen LogP contribution in [0.4, 0.5) is 0 Å². The first-order valence-electron chi connectivity index (χ1n) is 10.7. The fraction of sp³-hybridized carbons (Fsp3) is 0.545. The number of nitrogens with zero attached hydrogens (tertiary/aromatic N) is 2. The van der Waals surface area contributed by atoms with E-state index in [1.54, 1.807) is 18.2 Å². The molecule has 1 aliphatic heterocycles. The Morgan fingerprint density at radius 2 is 1.87 bits per heavy atom. The van der Waals surface area contributed by atoms with E-state index in [1.165, 1.54) is 10.9 Å². The molecule has 8 nitrogen and oxygen atoms in total.